The van der Waals surface area contributed by atoms with E-state index in [1.165, 1.54) is 12.8 Å². The highest BCUT2D eigenvalue weighted by Crippen LogP contribution is 2.26. The van der Waals surface area contributed by atoms with Gasteiger partial charge in [0.2, 0.25) is 0 Å². The van der Waals surface area contributed by atoms with Gasteiger partial charge in [0.05, 0.1) is 5.56 Å². The lowest BCUT2D eigenvalue weighted by Crippen LogP contribution is -2.41. The van der Waals surface area contributed by atoms with Gasteiger partial charge < -0.3 is 5.32 Å². The molecular weight excluding hydrogens is 294 g/mol. The zero-order valence-corrected chi connectivity index (χ0v) is 12.3. The number of carbonyl (C=O) groups is 1. The maximum absolute atomic E-state index is 11.9. The van der Waals surface area contributed by atoms with E-state index in [2.05, 4.69) is 45.1 Å². The van der Waals surface area contributed by atoms with Crippen molar-refractivity contribution < 1.29 is 4.79 Å². The van der Waals surface area contributed by atoms with Gasteiger partial charge in [0, 0.05) is 35.5 Å². The number of hydrogen-bond acceptors (Lipinski definition) is 3. The first-order valence-electron chi connectivity index (χ1n) is 6.18. The summed E-state index contributed by atoms with van der Waals surface area (Å²) in [6, 6.07) is 2.85. The molecule has 1 heterocycles. The van der Waals surface area contributed by atoms with Crippen LogP contribution >= 0.6 is 15.9 Å². The fourth-order valence-electron chi connectivity index (χ4n) is 1.86. The van der Waals surface area contributed by atoms with Gasteiger partial charge in [-0.3, -0.25) is 14.7 Å². The molecule has 1 aliphatic carbocycles. The van der Waals surface area contributed by atoms with Crippen molar-refractivity contribution in [3.8, 4) is 0 Å². The molecule has 4 nitrogen and oxygen atoms in total. The summed E-state index contributed by atoms with van der Waals surface area (Å²) in [4.78, 5) is 18.2. The Morgan fingerprint density at radius 2 is 2.33 bits per heavy atom. The van der Waals surface area contributed by atoms with E-state index in [-0.39, 0.29) is 5.91 Å². The normalized spacial score (nSPS) is 16.7. The van der Waals surface area contributed by atoms with Crippen LogP contribution in [-0.2, 0) is 0 Å². The summed E-state index contributed by atoms with van der Waals surface area (Å²) in [5.41, 5.74) is 0.589. The second-order valence-electron chi connectivity index (χ2n) is 4.85. The van der Waals surface area contributed by atoms with Gasteiger partial charge in [-0.2, -0.15) is 0 Å². The van der Waals surface area contributed by atoms with Crippen LogP contribution in [0.1, 0.15) is 30.1 Å². The number of nitrogens with one attached hydrogen (secondary N) is 1. The molecule has 1 N–H and O–H groups in total. The van der Waals surface area contributed by atoms with E-state index < -0.39 is 0 Å². The van der Waals surface area contributed by atoms with Crippen molar-refractivity contribution >= 4 is 21.8 Å². The second-order valence-corrected chi connectivity index (χ2v) is 5.76. The smallest absolute Gasteiger partial charge is 0.252 e. The van der Waals surface area contributed by atoms with Gasteiger partial charge in [0.1, 0.15) is 0 Å². The summed E-state index contributed by atoms with van der Waals surface area (Å²) in [5, 5.41) is 2.95. The van der Waals surface area contributed by atoms with Crippen LogP contribution < -0.4 is 5.32 Å². The molecule has 98 valence electrons. The quantitative estimate of drug-likeness (QED) is 0.905. The molecule has 1 aliphatic rings. The first-order chi connectivity index (χ1) is 8.58. The van der Waals surface area contributed by atoms with Gasteiger partial charge in [-0.25, -0.2) is 0 Å². The summed E-state index contributed by atoms with van der Waals surface area (Å²) < 4.78 is 0.818. The van der Waals surface area contributed by atoms with Crippen LogP contribution in [0.15, 0.2) is 22.9 Å². The Labute approximate surface area is 116 Å². The molecule has 5 heteroatoms. The Morgan fingerprint density at radius 3 is 2.94 bits per heavy atom. The summed E-state index contributed by atoms with van der Waals surface area (Å²) in [7, 11) is 2.12. The predicted octanol–water partition coefficient (Wildman–Crippen LogP) is 2.06. The third-order valence-corrected chi connectivity index (χ3v) is 3.78. The number of carbonyl (C=O) groups excluding carboxylic acids is 1. The van der Waals surface area contributed by atoms with E-state index in [1.54, 1.807) is 18.5 Å². The van der Waals surface area contributed by atoms with Crippen LogP contribution in [0.25, 0.3) is 0 Å². The molecule has 0 radical (unpaired) electrons. The average Bonchev–Trinajstić information content (AvgIpc) is 3.18. The lowest BCUT2D eigenvalue weighted by atomic mass is 10.2. The number of halogens is 1. The highest BCUT2D eigenvalue weighted by Gasteiger charge is 2.29. The Hall–Kier alpha value is -0.940. The molecule has 0 aliphatic heterocycles. The Kier molecular flexibility index (Phi) is 4.35. The first kappa shape index (κ1) is 13.5. The van der Waals surface area contributed by atoms with Gasteiger partial charge in [-0.05, 0) is 48.8 Å². The molecule has 1 saturated carbocycles. The molecule has 1 fully saturated rings. The standard InChI is InChI=1S/C13H18BrN3O/c1-9(17(2)12-3-4-12)6-16-13(18)10-5-11(14)8-15-7-10/h5,7-9,12H,3-4,6H2,1-2H3,(H,16,18)/t9-/m1/s1. The van der Waals surface area contributed by atoms with E-state index in [4.69, 9.17) is 0 Å². The topological polar surface area (TPSA) is 45.2 Å². The minimum absolute atomic E-state index is 0.0696. The van der Waals surface area contributed by atoms with Gasteiger partial charge in [0.15, 0.2) is 0 Å². The number of amides is 1. The number of pyridine rings is 1. The second kappa shape index (κ2) is 5.80. The van der Waals surface area contributed by atoms with E-state index in [1.807, 2.05) is 0 Å². The number of aromatic nitrogens is 1. The third-order valence-electron chi connectivity index (χ3n) is 3.34. The molecule has 0 bridgehead atoms. The number of hydrogen-bond donors (Lipinski definition) is 1. The Bertz CT molecular complexity index is 434. The van der Waals surface area contributed by atoms with E-state index >= 15 is 0 Å². The van der Waals surface area contributed by atoms with Crippen LogP contribution in [0.5, 0.6) is 0 Å². The van der Waals surface area contributed by atoms with Gasteiger partial charge in [0.25, 0.3) is 5.91 Å². The molecule has 0 spiro atoms. The van der Waals surface area contributed by atoms with Crippen LogP contribution in [0, 0.1) is 0 Å². The van der Waals surface area contributed by atoms with E-state index in [0.717, 1.165) is 4.47 Å². The maximum atomic E-state index is 11.9. The van der Waals surface area contributed by atoms with Crippen LogP contribution in [-0.4, -0.2) is 41.5 Å². The predicted molar refractivity (Wildman–Crippen MR) is 74.5 cm³/mol. The van der Waals surface area contributed by atoms with E-state index in [0.29, 0.717) is 24.2 Å². The fraction of sp³-hybridized carbons (Fsp3) is 0.538. The van der Waals surface area contributed by atoms with Gasteiger partial charge in [-0.15, -0.1) is 0 Å². The van der Waals surface area contributed by atoms with Crippen molar-refractivity contribution in [2.24, 2.45) is 0 Å². The van der Waals surface area contributed by atoms with Crippen LogP contribution in [0.3, 0.4) is 0 Å². The summed E-state index contributed by atoms with van der Waals surface area (Å²) in [6.45, 7) is 2.80. The van der Waals surface area contributed by atoms with E-state index in [9.17, 15) is 4.79 Å². The summed E-state index contributed by atoms with van der Waals surface area (Å²) in [6.07, 6.45) is 5.81. The van der Waals surface area contributed by atoms with Crippen molar-refractivity contribution in [2.75, 3.05) is 13.6 Å². The molecule has 0 unspecified atom stereocenters. The minimum Gasteiger partial charge on any atom is -0.350 e. The van der Waals surface area contributed by atoms with Crippen molar-refractivity contribution in [2.45, 2.75) is 31.8 Å². The largest absolute Gasteiger partial charge is 0.350 e. The summed E-state index contributed by atoms with van der Waals surface area (Å²) >= 11 is 3.31. The zero-order chi connectivity index (χ0) is 13.1. The zero-order valence-electron chi connectivity index (χ0n) is 10.7. The molecule has 1 aromatic heterocycles. The fourth-order valence-corrected chi connectivity index (χ4v) is 2.23. The van der Waals surface area contributed by atoms with Crippen molar-refractivity contribution in [3.05, 3.63) is 28.5 Å². The molecule has 18 heavy (non-hydrogen) atoms. The molecule has 1 aromatic rings. The van der Waals surface area contributed by atoms with Crippen molar-refractivity contribution in [3.63, 3.8) is 0 Å². The van der Waals surface area contributed by atoms with Gasteiger partial charge in [-0.1, -0.05) is 0 Å². The monoisotopic (exact) mass is 311 g/mol. The SMILES string of the molecule is C[C@H](CNC(=O)c1cncc(Br)c1)N(C)C1CC1. The molecular formula is C13H18BrN3O. The molecule has 2 rings (SSSR count). The number of rotatable bonds is 5. The number of likely N-dealkylation sites (N-methyl/N-ethyl adjacent to an activating group) is 1. The molecule has 1 atom stereocenters. The van der Waals surface area contributed by atoms with Crippen molar-refractivity contribution in [1.82, 2.24) is 15.2 Å². The van der Waals surface area contributed by atoms with Crippen LogP contribution in [0.4, 0.5) is 0 Å². The molecule has 0 saturated heterocycles. The maximum Gasteiger partial charge on any atom is 0.252 e. The summed E-state index contributed by atoms with van der Waals surface area (Å²) in [5.74, 6) is -0.0696. The van der Waals surface area contributed by atoms with Crippen molar-refractivity contribution in [1.29, 1.82) is 0 Å². The average molecular weight is 312 g/mol. The lowest BCUT2D eigenvalue weighted by Gasteiger charge is -2.24. The number of nitrogens with zero attached hydrogens (tertiary/aromatic N) is 2. The Balaban J connectivity index is 1.84. The molecule has 0 aromatic carbocycles. The molecule has 1 amide bonds. The highest BCUT2D eigenvalue weighted by molar-refractivity contribution is 9.10. The lowest BCUT2D eigenvalue weighted by molar-refractivity contribution is 0.0939. The Morgan fingerprint density at radius 1 is 1.61 bits per heavy atom. The van der Waals surface area contributed by atoms with Crippen LogP contribution in [0.2, 0.25) is 0 Å². The van der Waals surface area contributed by atoms with Gasteiger partial charge >= 0.3 is 0 Å². The highest BCUT2D eigenvalue weighted by atomic mass is 79.9. The third kappa shape index (κ3) is 3.53. The first-order valence-corrected chi connectivity index (χ1v) is 6.98. The minimum atomic E-state index is -0.0696.